The normalized spacial score (nSPS) is 17.5. The van der Waals surface area contributed by atoms with Gasteiger partial charge in [-0.05, 0) is 107 Å². The summed E-state index contributed by atoms with van der Waals surface area (Å²) in [6, 6.07) is 25.9. The molecule has 1 atom stereocenters. The minimum Gasteiger partial charge on any atom is -0.475 e. The van der Waals surface area contributed by atoms with Crippen molar-refractivity contribution in [1.82, 2.24) is 19.4 Å². The van der Waals surface area contributed by atoms with E-state index < -0.39 is 15.4 Å². The van der Waals surface area contributed by atoms with Crippen LogP contribution in [0.25, 0.3) is 22.0 Å². The van der Waals surface area contributed by atoms with Crippen molar-refractivity contribution in [2.45, 2.75) is 89.6 Å². The Labute approximate surface area is 332 Å². The zero-order valence-corrected chi connectivity index (χ0v) is 34.6. The molecule has 0 unspecified atom stereocenters. The maximum absolute atomic E-state index is 15.1. The molecule has 4 aromatic carbocycles. The number of ether oxygens (including phenoxy) is 1. The van der Waals surface area contributed by atoms with Crippen LogP contribution >= 0.6 is 0 Å². The predicted octanol–water partition coefficient (Wildman–Crippen LogP) is 8.09. The second kappa shape index (κ2) is 15.6. The van der Waals surface area contributed by atoms with Gasteiger partial charge in [0.05, 0.1) is 16.0 Å². The van der Waals surface area contributed by atoms with Crippen LogP contribution in [-0.2, 0) is 21.2 Å². The van der Waals surface area contributed by atoms with E-state index in [1.54, 1.807) is 10.4 Å². The highest BCUT2D eigenvalue weighted by Crippen LogP contribution is 2.42. The third-order valence-electron chi connectivity index (χ3n) is 11.7. The maximum Gasteiger partial charge on any atom is 0.243 e. The van der Waals surface area contributed by atoms with Crippen molar-refractivity contribution in [2.24, 2.45) is 5.41 Å². The molecule has 1 amide bonds. The van der Waals surface area contributed by atoms with Crippen LogP contribution in [-0.4, -0.2) is 79.6 Å². The molecular weight excluding hydrogens is 721 g/mol. The van der Waals surface area contributed by atoms with Crippen molar-refractivity contribution in [3.8, 4) is 17.1 Å². The van der Waals surface area contributed by atoms with Crippen LogP contribution < -0.4 is 15.4 Å². The van der Waals surface area contributed by atoms with E-state index in [2.05, 4.69) is 42.0 Å². The highest BCUT2D eigenvalue weighted by molar-refractivity contribution is 7.89. The van der Waals surface area contributed by atoms with Gasteiger partial charge in [0.1, 0.15) is 6.61 Å². The average molecular weight is 777 g/mol. The van der Waals surface area contributed by atoms with E-state index in [1.807, 2.05) is 94.4 Å². The molecule has 0 radical (unpaired) electrons. The second-order valence-electron chi connectivity index (χ2n) is 16.8. The molecule has 1 aromatic heterocycles. The monoisotopic (exact) mass is 776 g/mol. The number of fused-ring (bicyclic) bond motifs is 3. The number of sulfonamides is 1. The number of aryl methyl sites for hydroxylation is 2. The van der Waals surface area contributed by atoms with Crippen LogP contribution in [0.15, 0.2) is 83.8 Å². The van der Waals surface area contributed by atoms with Crippen molar-refractivity contribution in [1.29, 1.82) is 0 Å². The predicted molar refractivity (Wildman–Crippen MR) is 226 cm³/mol. The molecule has 0 aliphatic carbocycles. The van der Waals surface area contributed by atoms with Crippen molar-refractivity contribution >= 4 is 38.1 Å². The minimum absolute atomic E-state index is 0.120. The van der Waals surface area contributed by atoms with E-state index in [9.17, 15) is 4.79 Å². The number of nitrogens with two attached hydrogens (primary N) is 1. The fraction of sp³-hybridized carbons (Fsp3) is 0.422. The van der Waals surface area contributed by atoms with Crippen LogP contribution in [0.3, 0.4) is 0 Å². The molecule has 0 spiro atoms. The van der Waals surface area contributed by atoms with Crippen molar-refractivity contribution in [3.63, 3.8) is 0 Å². The van der Waals surface area contributed by atoms with Gasteiger partial charge in [0, 0.05) is 73.1 Å². The standard InChI is InChI=1S/C45H56N6O4S/c1-29-24-30(2)26-34(25-29)42-40(43(48-47-42)55-28-45(4,5)44(52)51-36-18-19-37(51)21-20-36)31(3)27-50(23-22-32-14-16-35(46)17-15-32)56(53,54)39-13-9-11-33-10-8-12-38(41(33)39)49(6)7/h8-17,24-26,31,36-37H,18-23,27-28,46H2,1-7H3,(H,47,48)/t31-,36?,37?/m1/s1. The lowest BCUT2D eigenvalue weighted by molar-refractivity contribution is -0.143. The zero-order chi connectivity index (χ0) is 39.9. The Morgan fingerprint density at radius 2 is 1.59 bits per heavy atom. The van der Waals surface area contributed by atoms with Gasteiger partial charge >= 0.3 is 0 Å². The number of benzene rings is 4. The zero-order valence-electron chi connectivity index (χ0n) is 33.8. The quantitative estimate of drug-likeness (QED) is 0.109. The summed E-state index contributed by atoms with van der Waals surface area (Å²) in [4.78, 5) is 18.3. The van der Waals surface area contributed by atoms with E-state index in [4.69, 9.17) is 15.6 Å². The molecule has 11 heteroatoms. The molecule has 3 heterocycles. The summed E-state index contributed by atoms with van der Waals surface area (Å²) in [5.41, 5.74) is 12.4. The largest absolute Gasteiger partial charge is 0.475 e. The third-order valence-corrected chi connectivity index (χ3v) is 13.6. The molecule has 2 fully saturated rings. The summed E-state index contributed by atoms with van der Waals surface area (Å²) < 4.78 is 38.5. The number of nitrogens with zero attached hydrogens (tertiary/aromatic N) is 4. The first-order chi connectivity index (χ1) is 26.6. The SMILES string of the molecule is Cc1cc(C)cc(-c2[nH]nc(OCC(C)(C)C(=O)N3C4CCC3CC4)c2[C@H](C)CN(CCc2ccc(N)cc2)S(=O)(=O)c2cccc3cccc(N(C)C)c23)c1. The lowest BCUT2D eigenvalue weighted by atomic mass is 9.92. The van der Waals surface area contributed by atoms with Gasteiger partial charge in [0.25, 0.3) is 0 Å². The maximum atomic E-state index is 15.1. The van der Waals surface area contributed by atoms with Crippen LogP contribution in [0, 0.1) is 19.3 Å². The number of H-pyrrole nitrogens is 1. The Kier molecular flexibility index (Phi) is 11.0. The van der Waals surface area contributed by atoms with E-state index in [-0.39, 0.29) is 36.4 Å². The number of amides is 1. The highest BCUT2D eigenvalue weighted by Gasteiger charge is 2.47. The Balaban J connectivity index is 1.27. The number of anilines is 2. The van der Waals surface area contributed by atoms with Crippen molar-refractivity contribution < 1.29 is 17.9 Å². The van der Waals surface area contributed by atoms with Gasteiger partial charge in [-0.25, -0.2) is 8.42 Å². The summed E-state index contributed by atoms with van der Waals surface area (Å²) in [6.07, 6.45) is 4.77. The first-order valence-corrected chi connectivity index (χ1v) is 21.2. The summed E-state index contributed by atoms with van der Waals surface area (Å²) >= 11 is 0. The van der Waals surface area contributed by atoms with Crippen molar-refractivity contribution in [2.75, 3.05) is 44.4 Å². The number of nitrogens with one attached hydrogen (secondary N) is 1. The molecule has 2 saturated heterocycles. The topological polar surface area (TPSA) is 125 Å². The summed E-state index contributed by atoms with van der Waals surface area (Å²) in [5, 5.41) is 9.52. The lowest BCUT2D eigenvalue weighted by Gasteiger charge is -2.32. The molecule has 56 heavy (non-hydrogen) atoms. The Morgan fingerprint density at radius 1 is 0.964 bits per heavy atom. The van der Waals surface area contributed by atoms with Gasteiger partial charge in [-0.3, -0.25) is 9.89 Å². The number of carbonyl (C=O) groups is 1. The highest BCUT2D eigenvalue weighted by atomic mass is 32.2. The van der Waals surface area contributed by atoms with Crippen LogP contribution in [0.4, 0.5) is 11.4 Å². The summed E-state index contributed by atoms with van der Waals surface area (Å²) in [5.74, 6) is 0.138. The number of nitrogen functional groups attached to an aromatic ring is 1. The van der Waals surface area contributed by atoms with E-state index in [0.29, 0.717) is 35.5 Å². The number of rotatable bonds is 14. The fourth-order valence-corrected chi connectivity index (χ4v) is 10.6. The van der Waals surface area contributed by atoms with Gasteiger partial charge in [0.2, 0.25) is 21.8 Å². The smallest absolute Gasteiger partial charge is 0.243 e. The van der Waals surface area contributed by atoms with Crippen LogP contribution in [0.5, 0.6) is 5.88 Å². The number of hydrogen-bond acceptors (Lipinski definition) is 7. The lowest BCUT2D eigenvalue weighted by Crippen LogP contribution is -2.46. The number of hydrogen-bond donors (Lipinski definition) is 2. The molecule has 2 aliphatic rings. The van der Waals surface area contributed by atoms with Gasteiger partial charge in [-0.2, -0.15) is 4.31 Å². The Bertz CT molecular complexity index is 2290. The van der Waals surface area contributed by atoms with E-state index in [1.165, 1.54) is 0 Å². The number of carbonyl (C=O) groups excluding carboxylic acids is 1. The fourth-order valence-electron chi connectivity index (χ4n) is 8.80. The van der Waals surface area contributed by atoms with Crippen LogP contribution in [0.1, 0.15) is 74.6 Å². The van der Waals surface area contributed by atoms with E-state index in [0.717, 1.165) is 70.3 Å². The van der Waals surface area contributed by atoms with Gasteiger partial charge in [-0.1, -0.05) is 60.5 Å². The van der Waals surface area contributed by atoms with Gasteiger partial charge < -0.3 is 20.3 Å². The van der Waals surface area contributed by atoms with E-state index >= 15 is 8.42 Å². The molecule has 2 bridgehead atoms. The summed E-state index contributed by atoms with van der Waals surface area (Å²) in [7, 11) is -0.195. The molecule has 10 nitrogen and oxygen atoms in total. The van der Waals surface area contributed by atoms with Gasteiger partial charge in [-0.15, -0.1) is 5.10 Å². The molecule has 3 N–H and O–H groups in total. The Hall–Kier alpha value is -4.87. The molecule has 7 rings (SSSR count). The van der Waals surface area contributed by atoms with Gasteiger partial charge in [0.15, 0.2) is 0 Å². The molecule has 2 aliphatic heterocycles. The second-order valence-corrected chi connectivity index (χ2v) is 18.7. The van der Waals surface area contributed by atoms with Crippen molar-refractivity contribution in [3.05, 3.63) is 101 Å². The van der Waals surface area contributed by atoms with Crippen LogP contribution in [0.2, 0.25) is 0 Å². The third kappa shape index (κ3) is 7.76. The minimum atomic E-state index is -4.05. The first-order valence-electron chi connectivity index (χ1n) is 19.8. The average Bonchev–Trinajstić information content (AvgIpc) is 3.90. The first kappa shape index (κ1) is 39.4. The Morgan fingerprint density at radius 3 is 2.21 bits per heavy atom. The molecule has 296 valence electrons. The summed E-state index contributed by atoms with van der Waals surface area (Å²) in [6.45, 7) is 10.6. The number of aromatic nitrogens is 2. The number of aromatic amines is 1. The molecular formula is C45H56N6O4S. The molecule has 5 aromatic rings. The molecule has 0 saturated carbocycles.